The third kappa shape index (κ3) is 1.63. The Morgan fingerprint density at radius 3 is 2.50 bits per heavy atom. The van der Waals surface area contributed by atoms with Crippen LogP contribution in [0.5, 0.6) is 0 Å². The molecule has 2 aromatic rings. The van der Waals surface area contributed by atoms with Gasteiger partial charge in [-0.3, -0.25) is 0 Å². The average molecular weight is 227 g/mol. The van der Waals surface area contributed by atoms with Crippen LogP contribution in [0.1, 0.15) is 5.69 Å². The number of halogens is 2. The molecule has 0 aliphatic rings. The molecule has 14 heavy (non-hydrogen) atoms. The second-order valence-electron chi connectivity index (χ2n) is 2.98. The average Bonchev–Trinajstić information content (AvgIpc) is 2.46. The molecule has 1 aromatic heterocycles. The van der Waals surface area contributed by atoms with Crippen LogP contribution >= 0.6 is 23.2 Å². The molecule has 0 atom stereocenters. The smallest absolute Gasteiger partial charge is 0.200 e. The predicted molar refractivity (Wildman–Crippen MR) is 58.8 cm³/mol. The second kappa shape index (κ2) is 3.64. The number of nitrogens with one attached hydrogen (secondary N) is 1. The summed E-state index contributed by atoms with van der Waals surface area (Å²) in [6.07, 6.45) is 0. The molecule has 0 spiro atoms. The first kappa shape index (κ1) is 9.56. The molecule has 0 aliphatic heterocycles. The first-order valence-corrected chi connectivity index (χ1v) is 4.91. The lowest BCUT2D eigenvalue weighted by molar-refractivity contribution is 1.25. The minimum Gasteiger partial charge on any atom is -0.332 e. The van der Waals surface area contributed by atoms with Crippen molar-refractivity contribution in [2.24, 2.45) is 0 Å². The standard InChI is InChI=1S/C10H8Cl2N2/c1-6-9(14-10(12)13-6)7-4-2-3-5-8(7)11/h2-5H,1H3,(H,13,14). The van der Waals surface area contributed by atoms with Crippen molar-refractivity contribution in [3.8, 4) is 11.3 Å². The van der Waals surface area contributed by atoms with Gasteiger partial charge in [-0.1, -0.05) is 29.8 Å². The molecule has 1 heterocycles. The van der Waals surface area contributed by atoms with Gasteiger partial charge in [0, 0.05) is 11.3 Å². The van der Waals surface area contributed by atoms with Crippen molar-refractivity contribution in [1.29, 1.82) is 0 Å². The summed E-state index contributed by atoms with van der Waals surface area (Å²) in [5.41, 5.74) is 2.62. The quantitative estimate of drug-likeness (QED) is 0.790. The summed E-state index contributed by atoms with van der Waals surface area (Å²) in [4.78, 5) is 7.10. The molecule has 1 N–H and O–H groups in total. The van der Waals surface area contributed by atoms with Gasteiger partial charge in [-0.25, -0.2) is 4.98 Å². The topological polar surface area (TPSA) is 28.7 Å². The highest BCUT2D eigenvalue weighted by Crippen LogP contribution is 2.29. The molecular weight excluding hydrogens is 219 g/mol. The third-order valence-corrected chi connectivity index (χ3v) is 2.49. The normalized spacial score (nSPS) is 10.5. The molecule has 0 saturated carbocycles. The van der Waals surface area contributed by atoms with Crippen LogP contribution in [0.4, 0.5) is 0 Å². The van der Waals surface area contributed by atoms with Gasteiger partial charge < -0.3 is 4.98 Å². The fraction of sp³-hybridized carbons (Fsp3) is 0.100. The molecule has 1 aromatic carbocycles. The number of hydrogen-bond acceptors (Lipinski definition) is 1. The zero-order valence-electron chi connectivity index (χ0n) is 7.51. The van der Waals surface area contributed by atoms with E-state index >= 15 is 0 Å². The molecule has 2 rings (SSSR count). The largest absolute Gasteiger partial charge is 0.332 e. The van der Waals surface area contributed by atoms with E-state index in [1.807, 2.05) is 31.2 Å². The molecule has 0 bridgehead atoms. The maximum atomic E-state index is 6.04. The number of H-pyrrole nitrogens is 1. The lowest BCUT2D eigenvalue weighted by Gasteiger charge is -2.00. The summed E-state index contributed by atoms with van der Waals surface area (Å²) >= 11 is 11.8. The highest BCUT2D eigenvalue weighted by atomic mass is 35.5. The Morgan fingerprint density at radius 1 is 1.21 bits per heavy atom. The van der Waals surface area contributed by atoms with Crippen LogP contribution in [0.3, 0.4) is 0 Å². The van der Waals surface area contributed by atoms with Gasteiger partial charge in [0.15, 0.2) is 0 Å². The van der Waals surface area contributed by atoms with Crippen molar-refractivity contribution >= 4 is 23.2 Å². The van der Waals surface area contributed by atoms with Gasteiger partial charge in [0.1, 0.15) is 0 Å². The molecule has 0 fully saturated rings. The number of aromatic amines is 1. The highest BCUT2D eigenvalue weighted by Gasteiger charge is 2.09. The SMILES string of the molecule is Cc1[nH]c(Cl)nc1-c1ccccc1Cl. The summed E-state index contributed by atoms with van der Waals surface area (Å²) < 4.78 is 0. The van der Waals surface area contributed by atoms with E-state index in [-0.39, 0.29) is 0 Å². The zero-order valence-corrected chi connectivity index (χ0v) is 9.02. The Hall–Kier alpha value is -0.990. The third-order valence-electron chi connectivity index (χ3n) is 1.98. The lowest BCUT2D eigenvalue weighted by atomic mass is 10.1. The Labute approximate surface area is 91.9 Å². The summed E-state index contributed by atoms with van der Waals surface area (Å²) in [6, 6.07) is 7.55. The van der Waals surface area contributed by atoms with Crippen LogP contribution in [0.2, 0.25) is 10.3 Å². The molecule has 2 nitrogen and oxygen atoms in total. The molecule has 0 aliphatic carbocycles. The van der Waals surface area contributed by atoms with Crippen LogP contribution < -0.4 is 0 Å². The van der Waals surface area contributed by atoms with E-state index in [9.17, 15) is 0 Å². The van der Waals surface area contributed by atoms with Crippen LogP contribution in [0, 0.1) is 6.92 Å². The first-order chi connectivity index (χ1) is 6.68. The van der Waals surface area contributed by atoms with Gasteiger partial charge in [-0.2, -0.15) is 0 Å². The zero-order chi connectivity index (χ0) is 10.1. The first-order valence-electron chi connectivity index (χ1n) is 4.15. The molecule has 0 radical (unpaired) electrons. The van der Waals surface area contributed by atoms with Crippen molar-refractivity contribution in [3.05, 3.63) is 40.3 Å². The highest BCUT2D eigenvalue weighted by molar-refractivity contribution is 6.33. The van der Waals surface area contributed by atoms with Gasteiger partial charge in [0.2, 0.25) is 5.28 Å². The van der Waals surface area contributed by atoms with Gasteiger partial charge in [0.25, 0.3) is 0 Å². The van der Waals surface area contributed by atoms with Crippen LogP contribution in [0.25, 0.3) is 11.3 Å². The maximum Gasteiger partial charge on any atom is 0.200 e. The van der Waals surface area contributed by atoms with Crippen LogP contribution in [0.15, 0.2) is 24.3 Å². The van der Waals surface area contributed by atoms with Crippen LogP contribution in [-0.2, 0) is 0 Å². The number of rotatable bonds is 1. The molecule has 0 saturated heterocycles. The van der Waals surface area contributed by atoms with Gasteiger partial charge in [0.05, 0.1) is 10.7 Å². The van der Waals surface area contributed by atoms with E-state index in [0.717, 1.165) is 17.0 Å². The Bertz CT molecular complexity index is 463. The fourth-order valence-electron chi connectivity index (χ4n) is 1.34. The van der Waals surface area contributed by atoms with E-state index < -0.39 is 0 Å². The van der Waals surface area contributed by atoms with Gasteiger partial charge >= 0.3 is 0 Å². The number of imidazole rings is 1. The molecule has 72 valence electrons. The maximum absolute atomic E-state index is 6.04. The number of aryl methyl sites for hydroxylation is 1. The monoisotopic (exact) mass is 226 g/mol. The van der Waals surface area contributed by atoms with Crippen molar-refractivity contribution < 1.29 is 0 Å². The molecule has 0 unspecified atom stereocenters. The minimum atomic E-state index is 0.386. The molecule has 4 heteroatoms. The fourth-order valence-corrected chi connectivity index (χ4v) is 1.79. The lowest BCUT2D eigenvalue weighted by Crippen LogP contribution is -1.81. The molecular formula is C10H8Cl2N2. The van der Waals surface area contributed by atoms with Crippen molar-refractivity contribution in [2.75, 3.05) is 0 Å². The van der Waals surface area contributed by atoms with Gasteiger partial charge in [-0.15, -0.1) is 0 Å². The van der Waals surface area contributed by atoms with Gasteiger partial charge in [-0.05, 0) is 24.6 Å². The predicted octanol–water partition coefficient (Wildman–Crippen LogP) is 3.69. The van der Waals surface area contributed by atoms with E-state index in [1.165, 1.54) is 0 Å². The van der Waals surface area contributed by atoms with E-state index in [2.05, 4.69) is 9.97 Å². The summed E-state index contributed by atoms with van der Waals surface area (Å²) in [6.45, 7) is 1.91. The van der Waals surface area contributed by atoms with Crippen molar-refractivity contribution in [1.82, 2.24) is 9.97 Å². The summed E-state index contributed by atoms with van der Waals surface area (Å²) in [5, 5.41) is 1.07. The number of nitrogens with zero attached hydrogens (tertiary/aromatic N) is 1. The number of hydrogen-bond donors (Lipinski definition) is 1. The molecule has 0 amide bonds. The van der Waals surface area contributed by atoms with E-state index in [0.29, 0.717) is 10.3 Å². The summed E-state index contributed by atoms with van der Waals surface area (Å²) in [5.74, 6) is 0. The Morgan fingerprint density at radius 2 is 1.93 bits per heavy atom. The van der Waals surface area contributed by atoms with E-state index in [1.54, 1.807) is 0 Å². The summed E-state index contributed by atoms with van der Waals surface area (Å²) in [7, 11) is 0. The number of aromatic nitrogens is 2. The Balaban J connectivity index is 2.60. The van der Waals surface area contributed by atoms with Crippen molar-refractivity contribution in [2.45, 2.75) is 6.92 Å². The van der Waals surface area contributed by atoms with Crippen LogP contribution in [-0.4, -0.2) is 9.97 Å². The second-order valence-corrected chi connectivity index (χ2v) is 3.75. The van der Waals surface area contributed by atoms with E-state index in [4.69, 9.17) is 23.2 Å². The number of benzene rings is 1. The van der Waals surface area contributed by atoms with Crippen molar-refractivity contribution in [3.63, 3.8) is 0 Å². The Kier molecular flexibility index (Phi) is 2.48. The minimum absolute atomic E-state index is 0.386.